The van der Waals surface area contributed by atoms with E-state index in [1.807, 2.05) is 16.7 Å². The predicted octanol–water partition coefficient (Wildman–Crippen LogP) is 2.74. The van der Waals surface area contributed by atoms with Gasteiger partial charge >= 0.3 is 0 Å². The van der Waals surface area contributed by atoms with E-state index in [1.165, 1.54) is 5.56 Å². The Balaban J connectivity index is 2.08. The summed E-state index contributed by atoms with van der Waals surface area (Å²) in [7, 11) is 0. The van der Waals surface area contributed by atoms with E-state index in [0.29, 0.717) is 5.92 Å². The van der Waals surface area contributed by atoms with Gasteiger partial charge in [-0.05, 0) is 23.6 Å². The molecule has 0 N–H and O–H groups in total. The Labute approximate surface area is 93.7 Å². The van der Waals surface area contributed by atoms with E-state index in [1.54, 1.807) is 12.7 Å². The summed E-state index contributed by atoms with van der Waals surface area (Å²) >= 11 is 5.83. The first kappa shape index (κ1) is 10.2. The first-order valence-corrected chi connectivity index (χ1v) is 5.21. The Hall–Kier alpha value is -1.35. The largest absolute Gasteiger partial charge is 0.320 e. The van der Waals surface area contributed by atoms with Crippen LogP contribution in [0.25, 0.3) is 0 Å². The van der Waals surface area contributed by atoms with Crippen LogP contribution in [0.1, 0.15) is 18.4 Å². The van der Waals surface area contributed by atoms with Crippen molar-refractivity contribution >= 4 is 11.6 Å². The number of rotatable bonds is 3. The molecule has 0 saturated heterocycles. The van der Waals surface area contributed by atoms with Gasteiger partial charge in [-0.1, -0.05) is 30.7 Å². The maximum Gasteiger partial charge on any atom is 0.119 e. The third-order valence-corrected chi connectivity index (χ3v) is 2.64. The highest BCUT2D eigenvalue weighted by Crippen LogP contribution is 2.19. The molecule has 1 aromatic heterocycles. The van der Waals surface area contributed by atoms with Crippen LogP contribution in [-0.2, 0) is 6.54 Å². The van der Waals surface area contributed by atoms with E-state index in [-0.39, 0.29) is 0 Å². The summed E-state index contributed by atoms with van der Waals surface area (Å²) in [5.74, 6) is 0.429. The average molecular weight is 222 g/mol. The van der Waals surface area contributed by atoms with Gasteiger partial charge in [-0.3, -0.25) is 0 Å². The number of hydrogen-bond donors (Lipinski definition) is 0. The molecule has 4 heteroatoms. The molecule has 1 atom stereocenters. The maximum absolute atomic E-state index is 5.83. The third-order valence-electron chi connectivity index (χ3n) is 2.39. The highest BCUT2D eigenvalue weighted by Gasteiger charge is 2.05. The van der Waals surface area contributed by atoms with Gasteiger partial charge in [-0.2, -0.15) is 0 Å². The van der Waals surface area contributed by atoms with Gasteiger partial charge in [-0.15, -0.1) is 10.2 Å². The summed E-state index contributed by atoms with van der Waals surface area (Å²) in [5.41, 5.74) is 1.27. The summed E-state index contributed by atoms with van der Waals surface area (Å²) in [6.45, 7) is 3.05. The fraction of sp³-hybridized carbons (Fsp3) is 0.273. The molecule has 0 fully saturated rings. The van der Waals surface area contributed by atoms with Gasteiger partial charge in [0.2, 0.25) is 0 Å². The van der Waals surface area contributed by atoms with E-state index in [4.69, 9.17) is 11.6 Å². The second kappa shape index (κ2) is 4.45. The van der Waals surface area contributed by atoms with Crippen molar-refractivity contribution in [3.8, 4) is 0 Å². The normalized spacial score (nSPS) is 12.7. The van der Waals surface area contributed by atoms with E-state index >= 15 is 0 Å². The van der Waals surface area contributed by atoms with Crippen molar-refractivity contribution in [1.29, 1.82) is 0 Å². The van der Waals surface area contributed by atoms with E-state index < -0.39 is 0 Å². The van der Waals surface area contributed by atoms with E-state index in [2.05, 4.69) is 29.3 Å². The van der Waals surface area contributed by atoms with Gasteiger partial charge in [0.15, 0.2) is 0 Å². The van der Waals surface area contributed by atoms with Crippen LogP contribution in [-0.4, -0.2) is 14.8 Å². The lowest BCUT2D eigenvalue weighted by atomic mass is 10.0. The minimum absolute atomic E-state index is 0.429. The quantitative estimate of drug-likeness (QED) is 0.798. The molecule has 1 heterocycles. The molecule has 0 radical (unpaired) electrons. The zero-order valence-electron chi connectivity index (χ0n) is 8.47. The van der Waals surface area contributed by atoms with Gasteiger partial charge in [0, 0.05) is 11.6 Å². The summed E-state index contributed by atoms with van der Waals surface area (Å²) < 4.78 is 1.97. The fourth-order valence-corrected chi connectivity index (χ4v) is 1.66. The van der Waals surface area contributed by atoms with E-state index in [9.17, 15) is 0 Å². The summed E-state index contributed by atoms with van der Waals surface area (Å²) in [6, 6.07) is 7.94. The summed E-state index contributed by atoms with van der Waals surface area (Å²) in [5, 5.41) is 8.32. The fourth-order valence-electron chi connectivity index (χ4n) is 1.53. The Kier molecular flexibility index (Phi) is 3.02. The van der Waals surface area contributed by atoms with Crippen LogP contribution >= 0.6 is 11.6 Å². The van der Waals surface area contributed by atoms with Gasteiger partial charge in [0.1, 0.15) is 12.7 Å². The molecule has 15 heavy (non-hydrogen) atoms. The van der Waals surface area contributed by atoms with Crippen LogP contribution in [0, 0.1) is 0 Å². The smallest absolute Gasteiger partial charge is 0.119 e. The van der Waals surface area contributed by atoms with Crippen molar-refractivity contribution in [1.82, 2.24) is 14.8 Å². The summed E-state index contributed by atoms with van der Waals surface area (Å²) in [4.78, 5) is 0. The van der Waals surface area contributed by atoms with Crippen molar-refractivity contribution in [3.63, 3.8) is 0 Å². The van der Waals surface area contributed by atoms with Crippen molar-refractivity contribution in [2.45, 2.75) is 19.4 Å². The topological polar surface area (TPSA) is 30.7 Å². The Morgan fingerprint density at radius 1 is 1.20 bits per heavy atom. The van der Waals surface area contributed by atoms with Crippen LogP contribution < -0.4 is 0 Å². The molecule has 2 aromatic rings. The monoisotopic (exact) mass is 221 g/mol. The molecule has 2 rings (SSSR count). The lowest BCUT2D eigenvalue weighted by Crippen LogP contribution is -2.04. The first-order valence-electron chi connectivity index (χ1n) is 4.83. The van der Waals surface area contributed by atoms with Crippen molar-refractivity contribution in [2.75, 3.05) is 0 Å². The Bertz CT molecular complexity index is 408. The maximum atomic E-state index is 5.83. The van der Waals surface area contributed by atoms with Crippen molar-refractivity contribution in [2.24, 2.45) is 0 Å². The molecule has 0 amide bonds. The molecule has 0 spiro atoms. The Morgan fingerprint density at radius 3 is 2.40 bits per heavy atom. The van der Waals surface area contributed by atoms with Crippen LogP contribution in [0.15, 0.2) is 36.9 Å². The van der Waals surface area contributed by atoms with Gasteiger partial charge in [0.25, 0.3) is 0 Å². The SMILES string of the molecule is C[C@H](Cn1cnnc1)c1ccc(Cl)cc1. The molecular weight excluding hydrogens is 210 g/mol. The molecule has 0 unspecified atom stereocenters. The second-order valence-electron chi connectivity index (χ2n) is 3.61. The van der Waals surface area contributed by atoms with Crippen molar-refractivity contribution in [3.05, 3.63) is 47.5 Å². The van der Waals surface area contributed by atoms with Crippen LogP contribution in [0.4, 0.5) is 0 Å². The second-order valence-corrected chi connectivity index (χ2v) is 4.05. The van der Waals surface area contributed by atoms with Crippen molar-refractivity contribution < 1.29 is 0 Å². The number of benzene rings is 1. The lowest BCUT2D eigenvalue weighted by Gasteiger charge is -2.11. The minimum Gasteiger partial charge on any atom is -0.320 e. The molecule has 1 aromatic carbocycles. The van der Waals surface area contributed by atoms with E-state index in [0.717, 1.165) is 11.6 Å². The minimum atomic E-state index is 0.429. The zero-order valence-corrected chi connectivity index (χ0v) is 9.22. The lowest BCUT2D eigenvalue weighted by molar-refractivity contribution is 0.595. The average Bonchev–Trinajstić information content (AvgIpc) is 2.71. The molecule has 0 aliphatic heterocycles. The molecule has 0 aliphatic carbocycles. The van der Waals surface area contributed by atoms with Crippen LogP contribution in [0.3, 0.4) is 0 Å². The highest BCUT2D eigenvalue weighted by atomic mass is 35.5. The number of halogens is 1. The molecule has 3 nitrogen and oxygen atoms in total. The van der Waals surface area contributed by atoms with Crippen LogP contribution in [0.5, 0.6) is 0 Å². The standard InChI is InChI=1S/C11H12ClN3/c1-9(6-15-7-13-14-8-15)10-2-4-11(12)5-3-10/h2-5,7-9H,6H2,1H3/t9-/m1/s1. The Morgan fingerprint density at radius 2 is 1.80 bits per heavy atom. The molecule has 0 bridgehead atoms. The highest BCUT2D eigenvalue weighted by molar-refractivity contribution is 6.30. The van der Waals surface area contributed by atoms with Gasteiger partial charge in [0.05, 0.1) is 0 Å². The number of hydrogen-bond acceptors (Lipinski definition) is 2. The molecule has 78 valence electrons. The van der Waals surface area contributed by atoms with Gasteiger partial charge in [-0.25, -0.2) is 0 Å². The zero-order chi connectivity index (χ0) is 10.7. The first-order chi connectivity index (χ1) is 7.25. The predicted molar refractivity (Wildman–Crippen MR) is 59.9 cm³/mol. The summed E-state index contributed by atoms with van der Waals surface area (Å²) in [6.07, 6.45) is 3.46. The third kappa shape index (κ3) is 2.57. The molecular formula is C11H12ClN3. The van der Waals surface area contributed by atoms with Crippen LogP contribution in [0.2, 0.25) is 5.02 Å². The number of aromatic nitrogens is 3. The number of nitrogens with zero attached hydrogens (tertiary/aromatic N) is 3. The molecule has 0 aliphatic rings. The van der Waals surface area contributed by atoms with Gasteiger partial charge < -0.3 is 4.57 Å². The molecule has 0 saturated carbocycles.